The highest BCUT2D eigenvalue weighted by atomic mass is 16.6. The summed E-state index contributed by atoms with van der Waals surface area (Å²) in [6, 6.07) is -0.751. The Morgan fingerprint density at radius 3 is 2.17 bits per heavy atom. The molecule has 3 saturated heterocycles. The lowest BCUT2D eigenvalue weighted by atomic mass is 9.36. The maximum atomic E-state index is 13.4. The van der Waals surface area contributed by atoms with Crippen LogP contribution in [0.2, 0.25) is 0 Å². The highest BCUT2D eigenvalue weighted by Crippen LogP contribution is 2.89. The molecule has 3 heterocycles. The predicted octanol–water partition coefficient (Wildman–Crippen LogP) is 1.27. The van der Waals surface area contributed by atoms with Crippen LogP contribution in [0.1, 0.15) is 67.2 Å². The Kier molecular flexibility index (Phi) is 5.49. The number of hydrogen-bond acceptors (Lipinski definition) is 11. The van der Waals surface area contributed by atoms with E-state index in [1.165, 1.54) is 20.8 Å². The molecule has 9 rings (SSSR count). The van der Waals surface area contributed by atoms with Gasteiger partial charge in [0.2, 0.25) is 0 Å². The summed E-state index contributed by atoms with van der Waals surface area (Å²) in [6.07, 6.45) is -2.62. The quantitative estimate of drug-likeness (QED) is 0.263. The highest BCUT2D eigenvalue weighted by molar-refractivity contribution is 5.73. The van der Waals surface area contributed by atoms with E-state index in [1.54, 1.807) is 6.92 Å². The standard InChI is InChI=1S/C31H41NO10/c1-8-13(2)25(36)42-19-11-29-21-18-10-28-9-14(3)20(24(31(28,29)38)41-17(6)35)23(40-16(5)34)30(28,37)26(29)32(18)12-27(21,7)22(19)39-15(4)33/h13,18-24,26,37-38H,3,8-12H2,1-2,4-7H3/t13?,18?,19-,20+,21?,22-,23-,24-,26+,27+,28-,29-,30-,31+/m1/s1. The minimum atomic E-state index is -1.76. The maximum absolute atomic E-state index is 13.4. The normalized spacial score (nSPS) is 54.0. The van der Waals surface area contributed by atoms with Gasteiger partial charge in [-0.15, -0.1) is 0 Å². The Hall–Kier alpha value is -2.50. The van der Waals surface area contributed by atoms with Gasteiger partial charge in [0.15, 0.2) is 0 Å². The maximum Gasteiger partial charge on any atom is 0.309 e. The zero-order valence-electron chi connectivity index (χ0n) is 25.0. The Labute approximate surface area is 244 Å². The van der Waals surface area contributed by atoms with Gasteiger partial charge in [0.25, 0.3) is 0 Å². The summed E-state index contributed by atoms with van der Waals surface area (Å²) in [6.45, 7) is 14.3. The van der Waals surface area contributed by atoms with Crippen molar-refractivity contribution >= 4 is 23.9 Å². The van der Waals surface area contributed by atoms with Crippen LogP contribution in [0.3, 0.4) is 0 Å². The Bertz CT molecular complexity index is 1330. The molecular weight excluding hydrogens is 546 g/mol. The van der Waals surface area contributed by atoms with Crippen molar-refractivity contribution in [3.05, 3.63) is 12.2 Å². The first-order valence-corrected chi connectivity index (χ1v) is 15.2. The Balaban J connectivity index is 1.47. The van der Waals surface area contributed by atoms with Gasteiger partial charge in [-0.1, -0.05) is 32.9 Å². The monoisotopic (exact) mass is 587 g/mol. The third kappa shape index (κ3) is 2.68. The molecule has 2 N–H and O–H groups in total. The van der Waals surface area contributed by atoms with Crippen molar-refractivity contribution in [1.82, 2.24) is 4.90 Å². The number of nitrogens with zero attached hydrogens (tertiary/aromatic N) is 1. The fourth-order valence-electron chi connectivity index (χ4n) is 12.0. The van der Waals surface area contributed by atoms with Crippen LogP contribution in [0.4, 0.5) is 0 Å². The lowest BCUT2D eigenvalue weighted by molar-refractivity contribution is -0.347. The van der Waals surface area contributed by atoms with Gasteiger partial charge in [-0.3, -0.25) is 24.1 Å². The second-order valence-electron chi connectivity index (χ2n) is 14.5. The van der Waals surface area contributed by atoms with E-state index in [9.17, 15) is 29.4 Å². The second kappa shape index (κ2) is 8.15. The van der Waals surface area contributed by atoms with Crippen LogP contribution in [0.5, 0.6) is 0 Å². The summed E-state index contributed by atoms with van der Waals surface area (Å²) in [7, 11) is 0. The molecule has 11 heteroatoms. The van der Waals surface area contributed by atoms with Crippen LogP contribution < -0.4 is 0 Å². The summed E-state index contributed by atoms with van der Waals surface area (Å²) in [4.78, 5) is 53.1. The van der Waals surface area contributed by atoms with Gasteiger partial charge in [-0.2, -0.15) is 0 Å². The lowest BCUT2D eigenvalue weighted by Crippen LogP contribution is -2.83. The first-order chi connectivity index (χ1) is 19.6. The fraction of sp³-hybridized carbons (Fsp3) is 0.806. The molecule has 0 radical (unpaired) electrons. The van der Waals surface area contributed by atoms with Crippen molar-refractivity contribution in [1.29, 1.82) is 0 Å². The van der Waals surface area contributed by atoms with Crippen molar-refractivity contribution in [2.75, 3.05) is 6.54 Å². The molecule has 15 atom stereocenters. The summed E-state index contributed by atoms with van der Waals surface area (Å²) < 4.78 is 24.1. The molecule has 4 unspecified atom stereocenters. The van der Waals surface area contributed by atoms with Gasteiger partial charge in [0.05, 0.1) is 17.9 Å². The number of piperidine rings is 2. The largest absolute Gasteiger partial charge is 0.459 e. The van der Waals surface area contributed by atoms with E-state index in [0.717, 1.165) is 0 Å². The molecular formula is C31H41NO10. The van der Waals surface area contributed by atoms with Crippen LogP contribution in [-0.4, -0.2) is 93.2 Å². The van der Waals surface area contributed by atoms with Crippen LogP contribution in [-0.2, 0) is 38.1 Å². The van der Waals surface area contributed by atoms with Crippen molar-refractivity contribution in [3.63, 3.8) is 0 Å². The molecule has 0 aromatic rings. The van der Waals surface area contributed by atoms with Crippen molar-refractivity contribution < 1.29 is 48.3 Å². The summed E-state index contributed by atoms with van der Waals surface area (Å²) in [5.41, 5.74) is -5.86. The van der Waals surface area contributed by atoms with Crippen molar-refractivity contribution in [2.45, 2.75) is 115 Å². The molecule has 11 nitrogen and oxygen atoms in total. The van der Waals surface area contributed by atoms with Crippen LogP contribution in [0, 0.1) is 34.0 Å². The Morgan fingerprint density at radius 1 is 0.976 bits per heavy atom. The van der Waals surface area contributed by atoms with Gasteiger partial charge in [-0.25, -0.2) is 0 Å². The van der Waals surface area contributed by atoms with E-state index in [0.29, 0.717) is 25.0 Å². The molecule has 0 amide bonds. The van der Waals surface area contributed by atoms with Gasteiger partial charge >= 0.3 is 23.9 Å². The third-order valence-electron chi connectivity index (χ3n) is 12.8. The molecule has 2 spiro atoms. The number of esters is 4. The van der Waals surface area contributed by atoms with Gasteiger partial charge < -0.3 is 29.2 Å². The highest BCUT2D eigenvalue weighted by Gasteiger charge is 3.01. The molecule has 6 saturated carbocycles. The number of hydrogen-bond donors (Lipinski definition) is 2. The summed E-state index contributed by atoms with van der Waals surface area (Å²) in [5.74, 6) is -3.63. The SMILES string of the molecule is C=C1C[C@@]23CC4C5[C@]6(C)CN4[C@@H]4[C@]2(O)[C@H](OC(C)=O)[C@H]1[C@@H](OC(C)=O)[C@@]3(O)[C@]54C[C@@H](OC(=O)C(C)CC)[C@H]6OC(C)=O. The topological polar surface area (TPSA) is 149 Å². The minimum Gasteiger partial charge on any atom is -0.459 e. The molecule has 0 aromatic heterocycles. The number of carbonyl (C=O) groups is 4. The summed E-state index contributed by atoms with van der Waals surface area (Å²) >= 11 is 0. The molecule has 42 heavy (non-hydrogen) atoms. The number of ether oxygens (including phenoxy) is 4. The summed E-state index contributed by atoms with van der Waals surface area (Å²) in [5, 5.41) is 26.5. The molecule has 9 bridgehead atoms. The first-order valence-electron chi connectivity index (χ1n) is 15.2. The van der Waals surface area contributed by atoms with Gasteiger partial charge in [-0.05, 0) is 31.6 Å². The van der Waals surface area contributed by atoms with E-state index in [4.69, 9.17) is 18.9 Å². The van der Waals surface area contributed by atoms with Crippen molar-refractivity contribution in [2.24, 2.45) is 34.0 Å². The molecule has 230 valence electrons. The molecule has 9 fully saturated rings. The van der Waals surface area contributed by atoms with E-state index >= 15 is 0 Å². The van der Waals surface area contributed by atoms with Gasteiger partial charge in [0.1, 0.15) is 35.6 Å². The smallest absolute Gasteiger partial charge is 0.309 e. The average molecular weight is 588 g/mol. The molecule has 3 aliphatic heterocycles. The fourth-order valence-corrected chi connectivity index (χ4v) is 12.0. The predicted molar refractivity (Wildman–Crippen MR) is 143 cm³/mol. The molecule has 6 aliphatic carbocycles. The lowest BCUT2D eigenvalue weighted by Gasteiger charge is -2.71. The molecule has 9 aliphatic rings. The van der Waals surface area contributed by atoms with E-state index < -0.39 is 93.6 Å². The van der Waals surface area contributed by atoms with Gasteiger partial charge in [0, 0.05) is 49.6 Å². The minimum absolute atomic E-state index is 0.0803. The number of rotatable bonds is 6. The number of aliphatic hydroxyl groups is 2. The number of carbonyl (C=O) groups excluding carboxylic acids is 4. The average Bonchev–Trinajstić information content (AvgIpc) is 3.31. The van der Waals surface area contributed by atoms with E-state index in [1.807, 2.05) is 13.8 Å². The zero-order valence-corrected chi connectivity index (χ0v) is 25.0. The number of fused-ring (bicyclic) bond motifs is 1. The van der Waals surface area contributed by atoms with Crippen LogP contribution in [0.15, 0.2) is 12.2 Å². The second-order valence-corrected chi connectivity index (χ2v) is 14.5. The van der Waals surface area contributed by atoms with Crippen molar-refractivity contribution in [3.8, 4) is 0 Å². The Morgan fingerprint density at radius 2 is 1.57 bits per heavy atom. The van der Waals surface area contributed by atoms with Crippen LogP contribution in [0.25, 0.3) is 0 Å². The first kappa shape index (κ1) is 28.3. The third-order valence-corrected chi connectivity index (χ3v) is 12.8. The molecule has 0 aromatic carbocycles. The van der Waals surface area contributed by atoms with E-state index in [-0.39, 0.29) is 24.8 Å². The van der Waals surface area contributed by atoms with Crippen LogP contribution >= 0.6 is 0 Å². The van der Waals surface area contributed by atoms with E-state index in [2.05, 4.69) is 11.5 Å². The zero-order chi connectivity index (χ0) is 30.5.